The molecule has 0 aliphatic heterocycles. The smallest absolute Gasteiger partial charge is 0.311 e. The topological polar surface area (TPSA) is 52.6 Å². The average Bonchev–Trinajstić information content (AvgIpc) is 2.75. The molecule has 0 heterocycles. The van der Waals surface area contributed by atoms with E-state index in [1.165, 1.54) is 0 Å². The normalized spacial score (nSPS) is 10.5. The number of carbonyl (C=O) groups is 2. The summed E-state index contributed by atoms with van der Waals surface area (Å²) >= 11 is 0. The average molecular weight is 397 g/mol. The van der Waals surface area contributed by atoms with E-state index < -0.39 is 0 Å². The number of ether oxygens (including phenoxy) is 2. The van der Waals surface area contributed by atoms with E-state index in [-0.39, 0.29) is 11.9 Å². The lowest BCUT2D eigenvalue weighted by atomic mass is 10.0. The minimum absolute atomic E-state index is 0.0922. The molecule has 0 saturated carbocycles. The zero-order valence-electron chi connectivity index (χ0n) is 17.4. The van der Waals surface area contributed by atoms with Gasteiger partial charge in [-0.3, -0.25) is 9.59 Å². The van der Waals surface area contributed by atoms with E-state index in [0.29, 0.717) is 25.2 Å². The molecule has 0 unspecified atom stereocenters. The summed E-state index contributed by atoms with van der Waals surface area (Å²) in [6, 6.07) is 17.6. The number of para-hydroxylation sites is 1. The Morgan fingerprint density at radius 1 is 0.724 bits per heavy atom. The van der Waals surface area contributed by atoms with Crippen LogP contribution in [0.15, 0.2) is 54.6 Å². The molecule has 0 fully saturated rings. The molecule has 0 aliphatic rings. The molecule has 2 rings (SSSR count). The van der Waals surface area contributed by atoms with E-state index in [0.717, 1.165) is 56.1 Å². The fourth-order valence-corrected chi connectivity index (χ4v) is 3.12. The number of hydrogen-bond acceptors (Lipinski definition) is 4. The van der Waals surface area contributed by atoms with Crippen molar-refractivity contribution in [3.05, 3.63) is 54.6 Å². The SMILES string of the molecule is CCCOC(=O)CCCCCCCCC(=O)Oc1ccccc1-c1ccccc1. The van der Waals surface area contributed by atoms with Crippen LogP contribution in [-0.2, 0) is 14.3 Å². The molecule has 4 heteroatoms. The third-order valence-corrected chi connectivity index (χ3v) is 4.67. The minimum Gasteiger partial charge on any atom is -0.466 e. The number of hydrogen-bond donors (Lipinski definition) is 0. The molecular weight excluding hydrogens is 364 g/mol. The quantitative estimate of drug-likeness (QED) is 0.225. The number of carbonyl (C=O) groups excluding carboxylic acids is 2. The van der Waals surface area contributed by atoms with Crippen molar-refractivity contribution in [2.45, 2.75) is 64.7 Å². The summed E-state index contributed by atoms with van der Waals surface area (Å²) in [5.41, 5.74) is 1.97. The van der Waals surface area contributed by atoms with E-state index in [1.807, 2.05) is 61.5 Å². The predicted molar refractivity (Wildman–Crippen MR) is 116 cm³/mol. The lowest BCUT2D eigenvalue weighted by Gasteiger charge is -2.10. The first kappa shape index (κ1) is 22.7. The van der Waals surface area contributed by atoms with Gasteiger partial charge in [0, 0.05) is 18.4 Å². The second-order valence-electron chi connectivity index (χ2n) is 7.18. The van der Waals surface area contributed by atoms with Gasteiger partial charge in [-0.05, 0) is 30.9 Å². The fourth-order valence-electron chi connectivity index (χ4n) is 3.12. The van der Waals surface area contributed by atoms with Crippen molar-refractivity contribution >= 4 is 11.9 Å². The van der Waals surface area contributed by atoms with Crippen molar-refractivity contribution in [3.63, 3.8) is 0 Å². The molecule has 0 spiro atoms. The molecule has 4 nitrogen and oxygen atoms in total. The molecule has 29 heavy (non-hydrogen) atoms. The maximum absolute atomic E-state index is 12.2. The Morgan fingerprint density at radius 2 is 1.31 bits per heavy atom. The molecule has 0 radical (unpaired) electrons. The van der Waals surface area contributed by atoms with Crippen LogP contribution in [0.5, 0.6) is 5.75 Å². The van der Waals surface area contributed by atoms with Gasteiger partial charge in [-0.15, -0.1) is 0 Å². The maximum Gasteiger partial charge on any atom is 0.311 e. The molecule has 0 N–H and O–H groups in total. The zero-order chi connectivity index (χ0) is 20.7. The Labute approximate surface area is 174 Å². The number of esters is 2. The molecule has 0 amide bonds. The number of benzene rings is 2. The molecule has 0 aliphatic carbocycles. The van der Waals surface area contributed by atoms with Crippen LogP contribution in [0.2, 0.25) is 0 Å². The molecule has 0 aromatic heterocycles. The first-order valence-corrected chi connectivity index (χ1v) is 10.7. The van der Waals surface area contributed by atoms with Crippen LogP contribution < -0.4 is 4.74 Å². The maximum atomic E-state index is 12.2. The van der Waals surface area contributed by atoms with Gasteiger partial charge >= 0.3 is 11.9 Å². The van der Waals surface area contributed by atoms with Crippen LogP contribution >= 0.6 is 0 Å². The Bertz CT molecular complexity index is 739. The van der Waals surface area contributed by atoms with Crippen LogP contribution in [0.3, 0.4) is 0 Å². The van der Waals surface area contributed by atoms with Gasteiger partial charge in [-0.25, -0.2) is 0 Å². The predicted octanol–water partition coefficient (Wildman–Crippen LogP) is 6.33. The van der Waals surface area contributed by atoms with Crippen molar-refractivity contribution in [3.8, 4) is 16.9 Å². The highest BCUT2D eigenvalue weighted by atomic mass is 16.5. The van der Waals surface area contributed by atoms with Gasteiger partial charge in [-0.2, -0.15) is 0 Å². The van der Waals surface area contributed by atoms with Gasteiger partial charge in [0.25, 0.3) is 0 Å². The van der Waals surface area contributed by atoms with Gasteiger partial charge in [0.2, 0.25) is 0 Å². The van der Waals surface area contributed by atoms with Crippen LogP contribution in [-0.4, -0.2) is 18.5 Å². The second kappa shape index (κ2) is 13.5. The van der Waals surface area contributed by atoms with Crippen LogP contribution in [0, 0.1) is 0 Å². The summed E-state index contributed by atoms with van der Waals surface area (Å²) in [7, 11) is 0. The van der Waals surface area contributed by atoms with Gasteiger partial charge < -0.3 is 9.47 Å². The van der Waals surface area contributed by atoms with Crippen molar-refractivity contribution in [2.75, 3.05) is 6.61 Å². The van der Waals surface area contributed by atoms with Crippen LogP contribution in [0.4, 0.5) is 0 Å². The van der Waals surface area contributed by atoms with Gasteiger partial charge in [0.1, 0.15) is 5.75 Å². The Balaban J connectivity index is 1.61. The highest BCUT2D eigenvalue weighted by Crippen LogP contribution is 2.29. The molecule has 0 atom stereocenters. The highest BCUT2D eigenvalue weighted by Gasteiger charge is 2.10. The van der Waals surface area contributed by atoms with Crippen molar-refractivity contribution < 1.29 is 19.1 Å². The van der Waals surface area contributed by atoms with Crippen molar-refractivity contribution in [2.24, 2.45) is 0 Å². The van der Waals surface area contributed by atoms with Crippen molar-refractivity contribution in [1.82, 2.24) is 0 Å². The Kier molecular flexibility index (Phi) is 10.6. The van der Waals surface area contributed by atoms with E-state index in [1.54, 1.807) is 0 Å². The Hall–Kier alpha value is -2.62. The largest absolute Gasteiger partial charge is 0.466 e. The first-order valence-electron chi connectivity index (χ1n) is 10.7. The fraction of sp³-hybridized carbons (Fsp3) is 0.440. The third kappa shape index (κ3) is 8.95. The van der Waals surface area contributed by atoms with Gasteiger partial charge in [0.05, 0.1) is 6.61 Å². The monoisotopic (exact) mass is 396 g/mol. The lowest BCUT2D eigenvalue weighted by molar-refractivity contribution is -0.143. The molecule has 0 bridgehead atoms. The second-order valence-corrected chi connectivity index (χ2v) is 7.18. The lowest BCUT2D eigenvalue weighted by Crippen LogP contribution is -2.08. The molecule has 156 valence electrons. The summed E-state index contributed by atoms with van der Waals surface area (Å²) in [6.45, 7) is 2.51. The van der Waals surface area contributed by atoms with Crippen LogP contribution in [0.1, 0.15) is 64.7 Å². The molecular formula is C25H32O4. The van der Waals surface area contributed by atoms with Gasteiger partial charge in [-0.1, -0.05) is 81.1 Å². The summed E-state index contributed by atoms with van der Waals surface area (Å²) < 4.78 is 10.7. The summed E-state index contributed by atoms with van der Waals surface area (Å²) in [6.07, 6.45) is 7.66. The first-order chi connectivity index (χ1) is 14.2. The number of rotatable bonds is 13. The molecule has 2 aromatic rings. The summed E-state index contributed by atoms with van der Waals surface area (Å²) in [5, 5.41) is 0. The van der Waals surface area contributed by atoms with Crippen molar-refractivity contribution in [1.29, 1.82) is 0 Å². The highest BCUT2D eigenvalue weighted by molar-refractivity contribution is 5.77. The summed E-state index contributed by atoms with van der Waals surface area (Å²) in [5.74, 6) is 0.330. The third-order valence-electron chi connectivity index (χ3n) is 4.67. The van der Waals surface area contributed by atoms with E-state index >= 15 is 0 Å². The standard InChI is InChI=1S/C25H32O4/c1-2-20-28-24(26)18-10-5-3-4-6-11-19-25(27)29-23-17-13-12-16-22(23)21-14-8-7-9-15-21/h7-9,12-17H,2-6,10-11,18-20H2,1H3. The Morgan fingerprint density at radius 3 is 2.00 bits per heavy atom. The van der Waals surface area contributed by atoms with E-state index in [9.17, 15) is 9.59 Å². The molecule has 2 aromatic carbocycles. The van der Waals surface area contributed by atoms with E-state index in [4.69, 9.17) is 9.47 Å². The number of unbranched alkanes of at least 4 members (excludes halogenated alkanes) is 5. The van der Waals surface area contributed by atoms with Crippen LogP contribution in [0.25, 0.3) is 11.1 Å². The zero-order valence-corrected chi connectivity index (χ0v) is 17.4. The van der Waals surface area contributed by atoms with E-state index in [2.05, 4.69) is 0 Å². The minimum atomic E-state index is -0.188. The summed E-state index contributed by atoms with van der Waals surface area (Å²) in [4.78, 5) is 23.6. The molecule has 0 saturated heterocycles. The van der Waals surface area contributed by atoms with Gasteiger partial charge in [0.15, 0.2) is 0 Å².